The second kappa shape index (κ2) is 9.92. The Labute approximate surface area is 204 Å². The molecule has 0 saturated carbocycles. The minimum Gasteiger partial charge on any atom is -0.482 e. The van der Waals surface area contributed by atoms with Crippen molar-refractivity contribution in [2.45, 2.75) is 32.9 Å². The molecule has 1 atom stereocenters. The van der Waals surface area contributed by atoms with E-state index in [1.54, 1.807) is 13.1 Å². The van der Waals surface area contributed by atoms with Crippen LogP contribution >= 0.6 is 23.2 Å². The number of pyridine rings is 1. The van der Waals surface area contributed by atoms with Gasteiger partial charge in [0.1, 0.15) is 11.9 Å². The molecule has 1 aromatic heterocycles. The number of nitrogens with two attached hydrogens (primary N) is 1. The van der Waals surface area contributed by atoms with Crippen molar-refractivity contribution in [1.29, 1.82) is 0 Å². The lowest BCUT2D eigenvalue weighted by molar-refractivity contribution is 0.0529. The van der Waals surface area contributed by atoms with E-state index in [0.29, 0.717) is 28.3 Å². The maximum atomic E-state index is 14.0. The van der Waals surface area contributed by atoms with Gasteiger partial charge in [-0.15, -0.1) is 0 Å². The number of rotatable bonds is 7. The average molecular weight is 491 g/mol. The summed E-state index contributed by atoms with van der Waals surface area (Å²) in [5, 5.41) is 0.274. The Morgan fingerprint density at radius 1 is 1.24 bits per heavy atom. The van der Waals surface area contributed by atoms with Crippen LogP contribution in [0.3, 0.4) is 0 Å². The molecule has 2 N–H and O–H groups in total. The third-order valence-electron chi connectivity index (χ3n) is 6.17. The van der Waals surface area contributed by atoms with Crippen LogP contribution in [0, 0.1) is 11.7 Å². The van der Waals surface area contributed by atoms with Crippen molar-refractivity contribution in [2.24, 2.45) is 5.92 Å². The smallest absolute Gasteiger partial charge is 0.166 e. The Kier molecular flexibility index (Phi) is 7.17. The van der Waals surface area contributed by atoms with Crippen molar-refractivity contribution in [2.75, 3.05) is 31.9 Å². The second-order valence-corrected chi connectivity index (χ2v) is 9.76. The van der Waals surface area contributed by atoms with E-state index in [-0.39, 0.29) is 10.8 Å². The van der Waals surface area contributed by atoms with Crippen LogP contribution in [0.25, 0.3) is 5.57 Å². The van der Waals surface area contributed by atoms with Gasteiger partial charge in [0.15, 0.2) is 11.6 Å². The number of likely N-dealkylation sites (tertiary alicyclic amines) is 1. The van der Waals surface area contributed by atoms with Crippen LogP contribution in [0.2, 0.25) is 10.0 Å². The van der Waals surface area contributed by atoms with Gasteiger partial charge in [-0.1, -0.05) is 35.4 Å². The quantitative estimate of drug-likeness (QED) is 0.496. The van der Waals surface area contributed by atoms with Crippen molar-refractivity contribution in [1.82, 2.24) is 14.8 Å². The molecule has 0 spiro atoms. The molecule has 8 heteroatoms. The van der Waals surface area contributed by atoms with Gasteiger partial charge in [0, 0.05) is 66.7 Å². The van der Waals surface area contributed by atoms with Crippen molar-refractivity contribution in [3.8, 4) is 5.75 Å². The highest BCUT2D eigenvalue weighted by Gasteiger charge is 2.29. The van der Waals surface area contributed by atoms with Crippen molar-refractivity contribution in [3.63, 3.8) is 0 Å². The average Bonchev–Trinajstić information content (AvgIpc) is 2.75. The lowest BCUT2D eigenvalue weighted by Crippen LogP contribution is -2.53. The topological polar surface area (TPSA) is 54.6 Å². The highest BCUT2D eigenvalue weighted by Crippen LogP contribution is 2.36. The summed E-state index contributed by atoms with van der Waals surface area (Å²) in [7, 11) is 0. The van der Waals surface area contributed by atoms with Gasteiger partial charge in [-0.3, -0.25) is 0 Å². The van der Waals surface area contributed by atoms with Gasteiger partial charge in [-0.05, 0) is 44.5 Å². The zero-order valence-electron chi connectivity index (χ0n) is 19.1. The molecule has 0 aliphatic carbocycles. The minimum atomic E-state index is -0.616. The monoisotopic (exact) mass is 490 g/mol. The summed E-state index contributed by atoms with van der Waals surface area (Å²) in [4.78, 5) is 9.14. The number of anilines is 1. The van der Waals surface area contributed by atoms with Gasteiger partial charge >= 0.3 is 0 Å². The summed E-state index contributed by atoms with van der Waals surface area (Å²) >= 11 is 12.4. The van der Waals surface area contributed by atoms with Crippen molar-refractivity contribution >= 4 is 34.6 Å². The molecule has 1 unspecified atom stereocenters. The summed E-state index contributed by atoms with van der Waals surface area (Å²) in [5.74, 6) is 0.775. The zero-order chi connectivity index (χ0) is 23.7. The largest absolute Gasteiger partial charge is 0.482 e. The first-order valence-electron chi connectivity index (χ1n) is 11.1. The molecular weight excluding hydrogens is 462 g/mol. The van der Waals surface area contributed by atoms with Crippen LogP contribution in [0.1, 0.15) is 38.0 Å². The Morgan fingerprint density at radius 3 is 2.73 bits per heavy atom. The maximum Gasteiger partial charge on any atom is 0.166 e. The van der Waals surface area contributed by atoms with E-state index in [0.717, 1.165) is 37.3 Å². The summed E-state index contributed by atoms with van der Waals surface area (Å²) in [6.07, 6.45) is 7.52. The van der Waals surface area contributed by atoms with Crippen LogP contribution in [0.4, 0.5) is 10.2 Å². The number of nitrogen functional groups attached to an aromatic ring is 1. The van der Waals surface area contributed by atoms with Crippen LogP contribution in [-0.4, -0.2) is 47.0 Å². The molecule has 1 saturated heterocycles. The first-order chi connectivity index (χ1) is 15.7. The Bertz CT molecular complexity index is 1080. The Hall–Kier alpha value is -2.28. The molecule has 1 fully saturated rings. The third kappa shape index (κ3) is 5.29. The fourth-order valence-corrected chi connectivity index (χ4v) is 4.93. The molecule has 0 amide bonds. The molecule has 2 aliphatic rings. The summed E-state index contributed by atoms with van der Waals surface area (Å²) < 4.78 is 20.0. The van der Waals surface area contributed by atoms with Crippen LogP contribution in [0.5, 0.6) is 5.75 Å². The first kappa shape index (κ1) is 23.9. The van der Waals surface area contributed by atoms with Crippen LogP contribution < -0.4 is 10.5 Å². The van der Waals surface area contributed by atoms with Gasteiger partial charge in [-0.25, -0.2) is 9.37 Å². The highest BCUT2D eigenvalue weighted by molar-refractivity contribution is 6.36. The fraction of sp³-hybridized carbons (Fsp3) is 0.400. The molecule has 2 aromatic rings. The van der Waals surface area contributed by atoms with E-state index in [9.17, 15) is 4.39 Å². The van der Waals surface area contributed by atoms with Gasteiger partial charge < -0.3 is 20.3 Å². The fourth-order valence-electron chi connectivity index (χ4n) is 4.26. The molecule has 3 heterocycles. The first-order valence-corrected chi connectivity index (χ1v) is 11.9. The number of allylic oxidation sites excluding steroid dienone is 2. The Balaban J connectivity index is 1.49. The van der Waals surface area contributed by atoms with Crippen LogP contribution in [-0.2, 0) is 0 Å². The number of ether oxygens (including phenoxy) is 1. The van der Waals surface area contributed by atoms with E-state index in [1.165, 1.54) is 12.1 Å². The van der Waals surface area contributed by atoms with Gasteiger partial charge in [0.2, 0.25) is 0 Å². The number of nitrogens with zero attached hydrogens (tertiary/aromatic N) is 3. The molecule has 5 nitrogen and oxygen atoms in total. The predicted octanol–water partition coefficient (Wildman–Crippen LogP) is 5.80. The number of benzene rings is 1. The number of aromatic nitrogens is 1. The molecule has 176 valence electrons. The van der Waals surface area contributed by atoms with E-state index in [4.69, 9.17) is 33.7 Å². The van der Waals surface area contributed by atoms with E-state index < -0.39 is 11.9 Å². The van der Waals surface area contributed by atoms with Gasteiger partial charge in [-0.2, -0.15) is 0 Å². The highest BCUT2D eigenvalue weighted by atomic mass is 35.5. The minimum absolute atomic E-state index is 0.0572. The lowest BCUT2D eigenvalue weighted by atomic mass is 9.97. The normalized spacial score (nSPS) is 17.8. The van der Waals surface area contributed by atoms with Gasteiger partial charge in [0.25, 0.3) is 0 Å². The molecule has 33 heavy (non-hydrogen) atoms. The molecule has 0 radical (unpaired) electrons. The predicted molar refractivity (Wildman–Crippen MR) is 133 cm³/mol. The van der Waals surface area contributed by atoms with Crippen LogP contribution in [0.15, 0.2) is 42.7 Å². The van der Waals surface area contributed by atoms with Gasteiger partial charge in [0.05, 0.1) is 5.02 Å². The molecule has 4 rings (SSSR count). The zero-order valence-corrected chi connectivity index (χ0v) is 20.6. The van der Waals surface area contributed by atoms with Crippen molar-refractivity contribution < 1.29 is 9.13 Å². The number of hydrogen-bond donors (Lipinski definition) is 1. The number of hydrogen-bond acceptors (Lipinski definition) is 5. The lowest BCUT2D eigenvalue weighted by Gasteiger charge is -2.44. The second-order valence-electron chi connectivity index (χ2n) is 8.98. The van der Waals surface area contributed by atoms with E-state index in [2.05, 4.69) is 47.0 Å². The Morgan fingerprint density at radius 2 is 2.00 bits per heavy atom. The summed E-state index contributed by atoms with van der Waals surface area (Å²) in [6.45, 7) is 10.4. The summed E-state index contributed by atoms with van der Waals surface area (Å²) in [6, 6.07) is 5.15. The molecular formula is C25H29Cl2FN4O. The third-order valence-corrected chi connectivity index (χ3v) is 6.89. The summed E-state index contributed by atoms with van der Waals surface area (Å²) in [5.41, 5.74) is 8.38. The standard InChI is InChI=1S/C25H29Cl2FN4O/c1-15(2)32-12-17(13-32)11-31-8-4-5-18(14-31)19-9-22(25(29)30-10-19)33-16(3)23-20(26)6-7-21(28)24(23)27/h4-7,9-10,14-17H,8,11-13H2,1-3H3,(H2,29,30). The number of halogens is 3. The molecule has 2 aliphatic heterocycles. The molecule has 0 bridgehead atoms. The SMILES string of the molecule is CC(Oc1cc(C2=CN(CC3CN(C(C)C)C3)CC=C2)cnc1N)c1c(Cl)ccc(F)c1Cl. The van der Waals surface area contributed by atoms with E-state index >= 15 is 0 Å². The van der Waals surface area contributed by atoms with E-state index in [1.807, 2.05) is 6.07 Å². The van der Waals surface area contributed by atoms with Crippen molar-refractivity contribution in [3.05, 3.63) is 69.7 Å². The maximum absolute atomic E-state index is 14.0. The molecule has 1 aromatic carbocycles.